The summed E-state index contributed by atoms with van der Waals surface area (Å²) in [7, 11) is -2.22. The monoisotopic (exact) mass is 900 g/mol. The molecule has 0 bridgehead atoms. The molecular weight excluding hydrogens is 845 g/mol. The number of nitrogens with one attached hydrogen (secondary N) is 2. The van der Waals surface area contributed by atoms with Gasteiger partial charge in [-0.25, -0.2) is 4.79 Å². The van der Waals surface area contributed by atoms with Crippen LogP contribution in [0.1, 0.15) is 79.9 Å². The number of thiazole rings is 1. The van der Waals surface area contributed by atoms with Gasteiger partial charge in [0, 0.05) is 31.1 Å². The molecule has 2 aliphatic rings. The summed E-state index contributed by atoms with van der Waals surface area (Å²) in [4.78, 5) is 45.0. The second kappa shape index (κ2) is 17.3. The molecule has 1 atom stereocenters. The Hall–Kier alpha value is -3.93. The van der Waals surface area contributed by atoms with Crippen molar-refractivity contribution in [3.63, 3.8) is 0 Å². The topological polar surface area (TPSA) is 146 Å². The van der Waals surface area contributed by atoms with Crippen molar-refractivity contribution >= 4 is 69.4 Å². The number of ether oxygens (including phenoxy) is 1. The number of aromatic hydroxyl groups is 1. The first kappa shape index (κ1) is 43.7. The van der Waals surface area contributed by atoms with Crippen LogP contribution < -0.4 is 15.7 Å². The predicted octanol–water partition coefficient (Wildman–Crippen LogP) is 9.27. The third-order valence-corrected chi connectivity index (χ3v) is 20.7. The minimum Gasteiger partial charge on any atom is -0.506 e. The van der Waals surface area contributed by atoms with Gasteiger partial charge in [-0.2, -0.15) is 0 Å². The van der Waals surface area contributed by atoms with E-state index in [1.807, 2.05) is 45.7 Å². The minimum absolute atomic E-state index is 0.0235. The maximum atomic E-state index is 13.3. The molecule has 1 spiro atoms. The molecule has 5 heterocycles. The summed E-state index contributed by atoms with van der Waals surface area (Å²) < 4.78 is 16.4. The van der Waals surface area contributed by atoms with Crippen molar-refractivity contribution in [1.29, 1.82) is 0 Å². The number of phenols is 1. The smallest absolute Gasteiger partial charge is 0.347 e. The second-order valence-electron chi connectivity index (χ2n) is 18.4. The third-order valence-electron chi connectivity index (χ3n) is 13.4. The van der Waals surface area contributed by atoms with E-state index < -0.39 is 19.9 Å². The lowest BCUT2D eigenvalue weighted by atomic mass is 9.61. The van der Waals surface area contributed by atoms with Crippen LogP contribution in [0.4, 0.5) is 0 Å². The summed E-state index contributed by atoms with van der Waals surface area (Å²) in [6.45, 7) is 15.7. The summed E-state index contributed by atoms with van der Waals surface area (Å²) in [5.41, 5.74) is 1.81. The Balaban J connectivity index is 0.850. The third kappa shape index (κ3) is 8.85. The lowest BCUT2D eigenvalue weighted by Crippen LogP contribution is -2.53. The highest BCUT2D eigenvalue weighted by molar-refractivity contribution is 7.16. The fourth-order valence-corrected chi connectivity index (χ4v) is 12.9. The number of nitrogens with zero attached hydrogens (tertiary/aromatic N) is 2. The number of aryl methyl sites for hydroxylation is 1. The number of hydrogen-bond donors (Lipinski definition) is 4. The molecule has 61 heavy (non-hydrogen) atoms. The molecule has 11 nitrogen and oxygen atoms in total. The average molecular weight is 901 g/mol. The van der Waals surface area contributed by atoms with Crippen LogP contribution in [0.5, 0.6) is 5.75 Å². The molecule has 1 saturated carbocycles. The van der Waals surface area contributed by atoms with Crippen LogP contribution in [0.2, 0.25) is 18.1 Å². The molecule has 2 aromatic carbocycles. The SMILES string of the molecule is CC(C)(C)[Si](C)(C)O[C@@H](CNCc1ccc2c(c1)sc(=O)n2CCCN1CCC2(CC1)CC(OC(C(=O)O)(c1cccs1)c1cccs1)C2)c1ccc(O)c2[nH]c(=O)ccc12. The van der Waals surface area contributed by atoms with E-state index in [1.165, 1.54) is 40.1 Å². The molecule has 4 aromatic heterocycles. The van der Waals surface area contributed by atoms with Crippen molar-refractivity contribution in [1.82, 2.24) is 19.8 Å². The van der Waals surface area contributed by atoms with Gasteiger partial charge in [-0.3, -0.25) is 14.2 Å². The zero-order valence-corrected chi connectivity index (χ0v) is 38.9. The lowest BCUT2D eigenvalue weighted by Gasteiger charge is -2.53. The summed E-state index contributed by atoms with van der Waals surface area (Å²) in [5.74, 6) is -0.936. The van der Waals surface area contributed by atoms with Gasteiger partial charge in [0.1, 0.15) is 5.75 Å². The first-order valence-electron chi connectivity index (χ1n) is 21.1. The summed E-state index contributed by atoms with van der Waals surface area (Å²) >= 11 is 4.15. The normalized spacial score (nSPS) is 17.0. The standard InChI is InChI=1S/C46H56N4O7S3Si/c1-44(2,3)61(4,5)57-36(32-12-15-35(51)41-33(32)13-16-40(52)48-41)29-47-28-30-11-14-34-37(25-30)60-43(55)50(34)20-8-19-49-21-17-45(18-22-49)26-31(27-45)56-46(42(53)54,38-9-6-23-58-38)39-10-7-24-59-39/h6-7,9-16,23-25,31,36,47,51H,8,17-22,26-29H2,1-5H3,(H,48,52)(H,53,54)/t36-/m0/s1. The first-order chi connectivity index (χ1) is 29.1. The van der Waals surface area contributed by atoms with Gasteiger partial charge in [0.15, 0.2) is 8.32 Å². The van der Waals surface area contributed by atoms with E-state index in [0.717, 1.165) is 78.5 Å². The van der Waals surface area contributed by atoms with Gasteiger partial charge in [0.05, 0.1) is 37.7 Å². The fraction of sp³-hybridized carbons (Fsp3) is 0.457. The summed E-state index contributed by atoms with van der Waals surface area (Å²) in [5, 5.41) is 29.2. The van der Waals surface area contributed by atoms with E-state index in [9.17, 15) is 24.6 Å². The molecule has 0 unspecified atom stereocenters. The van der Waals surface area contributed by atoms with Crippen molar-refractivity contribution in [2.45, 2.75) is 102 Å². The van der Waals surface area contributed by atoms with Crippen LogP contribution in [-0.4, -0.2) is 71.2 Å². The number of H-pyrrole nitrogens is 1. The number of pyridine rings is 1. The first-order valence-corrected chi connectivity index (χ1v) is 26.6. The fourth-order valence-electron chi connectivity index (χ4n) is 8.88. The molecule has 4 N–H and O–H groups in total. The second-order valence-corrected chi connectivity index (χ2v) is 26.0. The maximum Gasteiger partial charge on any atom is 0.347 e. The van der Waals surface area contributed by atoms with E-state index in [0.29, 0.717) is 34.9 Å². The highest BCUT2D eigenvalue weighted by Gasteiger charge is 2.53. The van der Waals surface area contributed by atoms with Crippen molar-refractivity contribution in [3.8, 4) is 5.75 Å². The largest absolute Gasteiger partial charge is 0.506 e. The predicted molar refractivity (Wildman–Crippen MR) is 249 cm³/mol. The number of likely N-dealkylation sites (tertiary alicyclic amines) is 1. The number of benzene rings is 2. The maximum absolute atomic E-state index is 13.3. The Kier molecular flexibility index (Phi) is 12.4. The number of carboxylic acids is 1. The zero-order chi connectivity index (χ0) is 43.2. The van der Waals surface area contributed by atoms with Crippen molar-refractivity contribution in [2.24, 2.45) is 5.41 Å². The number of aliphatic carboxylic acids is 1. The molecule has 1 aliphatic heterocycles. The number of thiophene rings is 2. The van der Waals surface area contributed by atoms with Crippen LogP contribution >= 0.6 is 34.0 Å². The van der Waals surface area contributed by atoms with Crippen LogP contribution in [0.15, 0.2) is 87.1 Å². The number of rotatable bonds is 16. The van der Waals surface area contributed by atoms with Gasteiger partial charge in [-0.15, -0.1) is 22.7 Å². The Bertz CT molecular complexity index is 2560. The number of fused-ring (bicyclic) bond motifs is 2. The number of carbonyl (C=O) groups is 1. The van der Waals surface area contributed by atoms with E-state index in [1.54, 1.807) is 12.1 Å². The van der Waals surface area contributed by atoms with Gasteiger partial charge >= 0.3 is 10.8 Å². The number of carboxylic acid groups (broad SMARTS) is 1. The van der Waals surface area contributed by atoms with Gasteiger partial charge < -0.3 is 34.6 Å². The Morgan fingerprint density at radius 3 is 2.33 bits per heavy atom. The average Bonchev–Trinajstić information content (AvgIpc) is 4.00. The number of aromatic nitrogens is 2. The Morgan fingerprint density at radius 1 is 0.984 bits per heavy atom. The Morgan fingerprint density at radius 2 is 1.69 bits per heavy atom. The van der Waals surface area contributed by atoms with Crippen LogP contribution in [0.3, 0.4) is 0 Å². The molecule has 1 aliphatic carbocycles. The summed E-state index contributed by atoms with van der Waals surface area (Å²) in [6, 6.07) is 20.5. The van der Waals surface area contributed by atoms with Crippen molar-refractivity contribution in [3.05, 3.63) is 118 Å². The van der Waals surface area contributed by atoms with Gasteiger partial charge in [0.25, 0.3) is 0 Å². The van der Waals surface area contributed by atoms with Crippen LogP contribution in [-0.2, 0) is 32.6 Å². The molecule has 1 saturated heterocycles. The van der Waals surface area contributed by atoms with Gasteiger partial charge in [0.2, 0.25) is 11.2 Å². The number of piperidine rings is 1. The highest BCUT2D eigenvalue weighted by Crippen LogP contribution is 2.53. The molecule has 6 aromatic rings. The van der Waals surface area contributed by atoms with E-state index in [2.05, 4.69) is 67.3 Å². The number of hydrogen-bond acceptors (Lipinski definition) is 11. The number of phenolic OH excluding ortho intramolecular Hbond substituents is 1. The van der Waals surface area contributed by atoms with Crippen molar-refractivity contribution < 1.29 is 24.2 Å². The molecule has 2 fully saturated rings. The van der Waals surface area contributed by atoms with Gasteiger partial charge in [-0.05, 0) is 134 Å². The van der Waals surface area contributed by atoms with Crippen LogP contribution in [0, 0.1) is 5.41 Å². The molecule has 324 valence electrons. The summed E-state index contributed by atoms with van der Waals surface area (Å²) in [6.07, 6.45) is 4.36. The molecule has 0 radical (unpaired) electrons. The zero-order valence-electron chi connectivity index (χ0n) is 35.5. The number of aromatic amines is 1. The minimum atomic E-state index is -2.22. The van der Waals surface area contributed by atoms with E-state index in [4.69, 9.17) is 9.16 Å². The van der Waals surface area contributed by atoms with E-state index in [-0.39, 0.29) is 38.8 Å². The highest BCUT2D eigenvalue weighted by atomic mass is 32.1. The molecule has 0 amide bonds. The van der Waals surface area contributed by atoms with Crippen molar-refractivity contribution in [2.75, 3.05) is 26.2 Å². The molecule has 8 rings (SSSR count). The van der Waals surface area contributed by atoms with Crippen LogP contribution in [0.25, 0.3) is 21.1 Å². The Labute approximate surface area is 369 Å². The molecule has 15 heteroatoms. The molecular formula is C46H56N4O7S3Si. The van der Waals surface area contributed by atoms with E-state index >= 15 is 0 Å². The lowest BCUT2D eigenvalue weighted by molar-refractivity contribution is -0.190. The quantitative estimate of drug-likeness (QED) is 0.0699. The van der Waals surface area contributed by atoms with Gasteiger partial charge in [-0.1, -0.05) is 56.4 Å².